The largest absolute Gasteiger partial charge is 0.416 e. The van der Waals surface area contributed by atoms with Gasteiger partial charge in [0.1, 0.15) is 0 Å². The van der Waals surface area contributed by atoms with Gasteiger partial charge in [0.05, 0.1) is 10.5 Å². The first-order chi connectivity index (χ1) is 10.2. The molecular weight excluding hydrogens is 353 g/mol. The molecule has 130 valence electrons. The summed E-state index contributed by atoms with van der Waals surface area (Å²) in [7, 11) is -3.73. The normalized spacial score (nSPS) is 25.7. The van der Waals surface area contributed by atoms with Crippen LogP contribution < -0.4 is 5.32 Å². The molecule has 2 aliphatic heterocycles. The molecule has 0 bridgehead atoms. The first-order valence-corrected chi connectivity index (χ1v) is 8.55. The monoisotopic (exact) mass is 370 g/mol. The highest BCUT2D eigenvalue weighted by Crippen LogP contribution is 2.38. The van der Waals surface area contributed by atoms with Crippen LogP contribution in [0.25, 0.3) is 0 Å². The molecule has 23 heavy (non-hydrogen) atoms. The number of nitrogens with zero attached hydrogens (tertiary/aromatic N) is 1. The van der Waals surface area contributed by atoms with Crippen LogP contribution in [-0.4, -0.2) is 38.9 Å². The molecular formula is C14H18ClF3N2O2S. The molecule has 1 aromatic carbocycles. The number of alkyl halides is 3. The zero-order chi connectivity index (χ0) is 16.0. The third kappa shape index (κ3) is 3.50. The van der Waals surface area contributed by atoms with Gasteiger partial charge in [-0.3, -0.25) is 0 Å². The predicted octanol–water partition coefficient (Wildman–Crippen LogP) is 2.50. The van der Waals surface area contributed by atoms with Crippen molar-refractivity contribution in [1.29, 1.82) is 0 Å². The minimum atomic E-state index is -4.46. The van der Waals surface area contributed by atoms with Crippen molar-refractivity contribution in [3.8, 4) is 0 Å². The van der Waals surface area contributed by atoms with Crippen LogP contribution in [-0.2, 0) is 16.2 Å². The second-order valence-corrected chi connectivity index (χ2v) is 7.98. The van der Waals surface area contributed by atoms with Crippen LogP contribution in [0.3, 0.4) is 0 Å². The average Bonchev–Trinajstić information content (AvgIpc) is 3.09. The summed E-state index contributed by atoms with van der Waals surface area (Å²) in [6.45, 7) is 2.54. The van der Waals surface area contributed by atoms with E-state index in [1.165, 1.54) is 4.31 Å². The first kappa shape index (κ1) is 18.5. The minimum absolute atomic E-state index is 0. The number of hydrogen-bond acceptors (Lipinski definition) is 3. The van der Waals surface area contributed by atoms with E-state index in [-0.39, 0.29) is 22.7 Å². The molecule has 1 unspecified atom stereocenters. The summed E-state index contributed by atoms with van der Waals surface area (Å²) in [6, 6.07) is 3.71. The van der Waals surface area contributed by atoms with Crippen LogP contribution in [0.1, 0.15) is 18.4 Å². The van der Waals surface area contributed by atoms with Crippen molar-refractivity contribution in [3.63, 3.8) is 0 Å². The molecule has 0 saturated carbocycles. The Kier molecular flexibility index (Phi) is 5.02. The van der Waals surface area contributed by atoms with Crippen molar-refractivity contribution in [2.24, 2.45) is 5.41 Å². The molecule has 0 aliphatic carbocycles. The standard InChI is InChI=1S/C14H17F3N2O2S.ClH/c15-14(16,17)11-1-3-12(4-2-11)22(20,21)19-8-6-13(10-19)5-7-18-9-13;/h1-4,18H,5-10H2;1H. The van der Waals surface area contributed by atoms with E-state index in [1.807, 2.05) is 0 Å². The zero-order valence-electron chi connectivity index (χ0n) is 12.3. The lowest BCUT2D eigenvalue weighted by Crippen LogP contribution is -2.33. The van der Waals surface area contributed by atoms with Crippen LogP contribution >= 0.6 is 12.4 Å². The quantitative estimate of drug-likeness (QED) is 0.870. The Labute approximate surface area is 139 Å². The zero-order valence-corrected chi connectivity index (χ0v) is 13.9. The van der Waals surface area contributed by atoms with Gasteiger partial charge < -0.3 is 5.32 Å². The molecule has 2 saturated heterocycles. The summed E-state index contributed by atoms with van der Waals surface area (Å²) in [6.07, 6.45) is -2.73. The Bertz CT molecular complexity index is 656. The third-order valence-electron chi connectivity index (χ3n) is 4.55. The van der Waals surface area contributed by atoms with Gasteiger partial charge in [0.15, 0.2) is 0 Å². The second-order valence-electron chi connectivity index (χ2n) is 6.04. The molecule has 0 amide bonds. The van der Waals surface area contributed by atoms with Crippen molar-refractivity contribution in [2.75, 3.05) is 26.2 Å². The maximum atomic E-state index is 12.6. The Balaban J connectivity index is 0.00000192. The third-order valence-corrected chi connectivity index (χ3v) is 6.41. The molecule has 2 aliphatic rings. The molecule has 9 heteroatoms. The topological polar surface area (TPSA) is 49.4 Å². The number of sulfonamides is 1. The van der Waals surface area contributed by atoms with Gasteiger partial charge in [0, 0.05) is 19.6 Å². The smallest absolute Gasteiger partial charge is 0.316 e. The van der Waals surface area contributed by atoms with E-state index in [0.717, 1.165) is 50.2 Å². The van der Waals surface area contributed by atoms with Gasteiger partial charge >= 0.3 is 6.18 Å². The molecule has 1 spiro atoms. The molecule has 4 nitrogen and oxygen atoms in total. The molecule has 2 fully saturated rings. The molecule has 1 aromatic rings. The average molecular weight is 371 g/mol. The summed E-state index contributed by atoms with van der Waals surface area (Å²) < 4.78 is 64.2. The Morgan fingerprint density at radius 1 is 1.13 bits per heavy atom. The number of hydrogen-bond donors (Lipinski definition) is 1. The lowest BCUT2D eigenvalue weighted by molar-refractivity contribution is -0.137. The second kappa shape index (κ2) is 6.23. The van der Waals surface area contributed by atoms with E-state index in [2.05, 4.69) is 5.32 Å². The van der Waals surface area contributed by atoms with Gasteiger partial charge in [-0.05, 0) is 49.1 Å². The number of benzene rings is 1. The van der Waals surface area contributed by atoms with Gasteiger partial charge in [-0.25, -0.2) is 8.42 Å². The Hall–Kier alpha value is -0.830. The van der Waals surface area contributed by atoms with Crippen LogP contribution in [0.15, 0.2) is 29.2 Å². The Morgan fingerprint density at radius 3 is 2.30 bits per heavy atom. The summed E-state index contributed by atoms with van der Waals surface area (Å²) in [4.78, 5) is -0.0801. The Morgan fingerprint density at radius 2 is 1.78 bits per heavy atom. The fourth-order valence-electron chi connectivity index (χ4n) is 3.21. The summed E-state index contributed by atoms with van der Waals surface area (Å²) in [5.41, 5.74) is -0.858. The van der Waals surface area contributed by atoms with Crippen molar-refractivity contribution in [1.82, 2.24) is 9.62 Å². The van der Waals surface area contributed by atoms with E-state index in [4.69, 9.17) is 0 Å². The fourth-order valence-corrected chi connectivity index (χ4v) is 4.76. The lowest BCUT2D eigenvalue weighted by Gasteiger charge is -2.22. The van der Waals surface area contributed by atoms with Crippen molar-refractivity contribution in [3.05, 3.63) is 29.8 Å². The molecule has 0 radical (unpaired) electrons. The first-order valence-electron chi connectivity index (χ1n) is 7.11. The summed E-state index contributed by atoms with van der Waals surface area (Å²) >= 11 is 0. The summed E-state index contributed by atoms with van der Waals surface area (Å²) in [5, 5.41) is 3.24. The van der Waals surface area contributed by atoms with Gasteiger partial charge in [0.2, 0.25) is 10.0 Å². The van der Waals surface area contributed by atoms with Gasteiger partial charge in [-0.2, -0.15) is 17.5 Å². The van der Waals surface area contributed by atoms with Gasteiger partial charge in [0.25, 0.3) is 0 Å². The van der Waals surface area contributed by atoms with Crippen molar-refractivity contribution < 1.29 is 21.6 Å². The van der Waals surface area contributed by atoms with E-state index in [9.17, 15) is 21.6 Å². The number of halogens is 4. The molecule has 3 rings (SSSR count). The SMILES string of the molecule is Cl.O=S(=O)(c1ccc(C(F)(F)F)cc1)N1CCC2(CCNC2)C1. The van der Waals surface area contributed by atoms with E-state index in [1.54, 1.807) is 0 Å². The van der Waals surface area contributed by atoms with Crippen LogP contribution in [0.4, 0.5) is 13.2 Å². The molecule has 2 heterocycles. The highest BCUT2D eigenvalue weighted by atomic mass is 35.5. The van der Waals surface area contributed by atoms with E-state index >= 15 is 0 Å². The highest BCUT2D eigenvalue weighted by Gasteiger charge is 2.44. The maximum Gasteiger partial charge on any atom is 0.416 e. The maximum absolute atomic E-state index is 12.6. The molecule has 1 atom stereocenters. The summed E-state index contributed by atoms with van der Waals surface area (Å²) in [5.74, 6) is 0. The van der Waals surface area contributed by atoms with Crippen molar-refractivity contribution >= 4 is 22.4 Å². The van der Waals surface area contributed by atoms with Crippen LogP contribution in [0, 0.1) is 5.41 Å². The highest BCUT2D eigenvalue weighted by molar-refractivity contribution is 7.89. The van der Waals surface area contributed by atoms with E-state index < -0.39 is 21.8 Å². The van der Waals surface area contributed by atoms with Gasteiger partial charge in [-0.1, -0.05) is 0 Å². The lowest BCUT2D eigenvalue weighted by atomic mass is 9.87. The number of rotatable bonds is 2. The van der Waals surface area contributed by atoms with E-state index in [0.29, 0.717) is 13.1 Å². The minimum Gasteiger partial charge on any atom is -0.316 e. The fraction of sp³-hybridized carbons (Fsp3) is 0.571. The van der Waals surface area contributed by atoms with Crippen LogP contribution in [0.5, 0.6) is 0 Å². The van der Waals surface area contributed by atoms with Crippen LogP contribution in [0.2, 0.25) is 0 Å². The predicted molar refractivity (Wildman–Crippen MR) is 82.0 cm³/mol. The molecule has 0 aromatic heterocycles. The number of nitrogens with one attached hydrogen (secondary N) is 1. The van der Waals surface area contributed by atoms with Gasteiger partial charge in [-0.15, -0.1) is 12.4 Å². The molecule has 1 N–H and O–H groups in total. The van der Waals surface area contributed by atoms with Crippen molar-refractivity contribution in [2.45, 2.75) is 23.9 Å².